The van der Waals surface area contributed by atoms with Gasteiger partial charge in [0.15, 0.2) is 0 Å². The van der Waals surface area contributed by atoms with E-state index in [4.69, 9.17) is 0 Å². The predicted octanol–water partition coefficient (Wildman–Crippen LogP) is 0.374. The lowest BCUT2D eigenvalue weighted by Gasteiger charge is -2.36. The van der Waals surface area contributed by atoms with Crippen molar-refractivity contribution in [2.75, 3.05) is 39.8 Å². The molecule has 3 heteroatoms. The molecule has 3 heterocycles. The van der Waals surface area contributed by atoms with E-state index in [1.165, 1.54) is 52.0 Å². The van der Waals surface area contributed by atoms with Gasteiger partial charge in [-0.15, -0.1) is 0 Å². The van der Waals surface area contributed by atoms with Gasteiger partial charge in [-0.05, 0) is 45.3 Å². The van der Waals surface area contributed by atoms with Crippen molar-refractivity contribution in [1.29, 1.82) is 0 Å². The molecule has 0 aromatic rings. The Bertz CT molecular complexity index is 231. The summed E-state index contributed by atoms with van der Waals surface area (Å²) in [6, 6.07) is 1.66. The van der Waals surface area contributed by atoms with Gasteiger partial charge in [0.2, 0.25) is 0 Å². The van der Waals surface area contributed by atoms with Crippen LogP contribution in [0.2, 0.25) is 0 Å². The highest BCUT2D eigenvalue weighted by Crippen LogP contribution is 2.32. The first kappa shape index (κ1) is 10.1. The van der Waals surface area contributed by atoms with Gasteiger partial charge < -0.3 is 10.2 Å². The molecule has 0 spiro atoms. The zero-order chi connectivity index (χ0) is 10.3. The molecule has 4 unspecified atom stereocenters. The lowest BCUT2D eigenvalue weighted by Crippen LogP contribution is -2.46. The Morgan fingerprint density at radius 2 is 1.87 bits per heavy atom. The van der Waals surface area contributed by atoms with E-state index in [-0.39, 0.29) is 0 Å². The minimum atomic E-state index is 0.754. The van der Waals surface area contributed by atoms with Crippen LogP contribution in [0.1, 0.15) is 19.3 Å². The molecule has 1 N–H and O–H groups in total. The molecule has 0 saturated carbocycles. The van der Waals surface area contributed by atoms with Crippen LogP contribution in [0.15, 0.2) is 0 Å². The molecule has 2 bridgehead atoms. The number of piperidine rings is 1. The molecule has 0 radical (unpaired) electrons. The van der Waals surface area contributed by atoms with Crippen LogP contribution >= 0.6 is 0 Å². The highest BCUT2D eigenvalue weighted by Gasteiger charge is 2.39. The van der Waals surface area contributed by atoms with Crippen molar-refractivity contribution in [2.45, 2.75) is 31.3 Å². The minimum absolute atomic E-state index is 0.754. The molecule has 0 amide bonds. The lowest BCUT2D eigenvalue weighted by atomic mass is 9.93. The number of hydrogen-bond acceptors (Lipinski definition) is 3. The van der Waals surface area contributed by atoms with Gasteiger partial charge in [0, 0.05) is 31.7 Å². The molecule has 3 nitrogen and oxygen atoms in total. The number of likely N-dealkylation sites (tertiary alicyclic amines) is 1. The zero-order valence-corrected chi connectivity index (χ0v) is 9.78. The van der Waals surface area contributed by atoms with Crippen LogP contribution in [-0.4, -0.2) is 61.7 Å². The largest absolute Gasteiger partial charge is 0.316 e. The van der Waals surface area contributed by atoms with Crippen molar-refractivity contribution in [3.05, 3.63) is 0 Å². The van der Waals surface area contributed by atoms with Gasteiger partial charge in [-0.2, -0.15) is 0 Å². The fourth-order valence-electron chi connectivity index (χ4n) is 3.74. The first-order chi connectivity index (χ1) is 7.36. The summed E-state index contributed by atoms with van der Waals surface area (Å²) in [4.78, 5) is 5.40. The Labute approximate surface area is 92.8 Å². The molecular weight excluding hydrogens is 186 g/mol. The van der Waals surface area contributed by atoms with Crippen LogP contribution in [0.3, 0.4) is 0 Å². The normalized spacial score (nSPS) is 46.2. The van der Waals surface area contributed by atoms with Gasteiger partial charge in [0.05, 0.1) is 0 Å². The van der Waals surface area contributed by atoms with Crippen LogP contribution in [0.5, 0.6) is 0 Å². The Morgan fingerprint density at radius 1 is 1.00 bits per heavy atom. The molecule has 0 aromatic heterocycles. The van der Waals surface area contributed by atoms with E-state index in [1.54, 1.807) is 0 Å². The van der Waals surface area contributed by atoms with E-state index in [1.807, 2.05) is 0 Å². The van der Waals surface area contributed by atoms with E-state index >= 15 is 0 Å². The fraction of sp³-hybridized carbons (Fsp3) is 1.00. The van der Waals surface area contributed by atoms with Crippen molar-refractivity contribution < 1.29 is 0 Å². The topological polar surface area (TPSA) is 18.5 Å². The summed E-state index contributed by atoms with van der Waals surface area (Å²) in [5, 5.41) is 3.42. The molecule has 3 aliphatic rings. The second kappa shape index (κ2) is 4.04. The van der Waals surface area contributed by atoms with Crippen LogP contribution < -0.4 is 5.32 Å². The summed E-state index contributed by atoms with van der Waals surface area (Å²) < 4.78 is 0. The minimum Gasteiger partial charge on any atom is -0.316 e. The third-order valence-electron chi connectivity index (χ3n) is 4.69. The molecule has 3 rings (SSSR count). The number of nitrogens with zero attached hydrogens (tertiary/aromatic N) is 2. The summed E-state index contributed by atoms with van der Waals surface area (Å²) >= 11 is 0. The van der Waals surface area contributed by atoms with Gasteiger partial charge in [-0.25, -0.2) is 0 Å². The molecule has 0 aliphatic carbocycles. The molecule has 3 fully saturated rings. The van der Waals surface area contributed by atoms with Crippen LogP contribution in [-0.2, 0) is 0 Å². The maximum Gasteiger partial charge on any atom is 0.0204 e. The summed E-state index contributed by atoms with van der Waals surface area (Å²) in [6.45, 7) is 6.71. The van der Waals surface area contributed by atoms with Gasteiger partial charge in [-0.3, -0.25) is 4.90 Å². The Balaban J connectivity index is 1.62. The van der Waals surface area contributed by atoms with Gasteiger partial charge in [0.1, 0.15) is 0 Å². The van der Waals surface area contributed by atoms with E-state index < -0.39 is 0 Å². The van der Waals surface area contributed by atoms with E-state index in [2.05, 4.69) is 22.2 Å². The van der Waals surface area contributed by atoms with Crippen molar-refractivity contribution in [3.8, 4) is 0 Å². The second-order valence-electron chi connectivity index (χ2n) is 5.47. The number of fused-ring (bicyclic) bond motifs is 2. The van der Waals surface area contributed by atoms with E-state index in [9.17, 15) is 0 Å². The average Bonchev–Trinajstić information content (AvgIpc) is 2.87. The highest BCUT2D eigenvalue weighted by atomic mass is 15.3. The maximum absolute atomic E-state index is 3.42. The summed E-state index contributed by atoms with van der Waals surface area (Å²) in [5.41, 5.74) is 0. The molecule has 3 aliphatic heterocycles. The standard InChI is InChI=1S/C12H23N3/c1-13-11-3-7-15(9-11)12-4-6-14-5-2-10(12)8-14/h10-13H,2-9H2,1H3. The maximum atomic E-state index is 3.42. The van der Waals surface area contributed by atoms with Crippen LogP contribution in [0, 0.1) is 5.92 Å². The monoisotopic (exact) mass is 209 g/mol. The SMILES string of the molecule is CNC1CCN(C2CCN3CCC2C3)C1. The van der Waals surface area contributed by atoms with Gasteiger partial charge in [0.25, 0.3) is 0 Å². The molecule has 0 aromatic carbocycles. The Morgan fingerprint density at radius 3 is 2.67 bits per heavy atom. The lowest BCUT2D eigenvalue weighted by molar-refractivity contribution is 0.120. The van der Waals surface area contributed by atoms with Crippen molar-refractivity contribution in [3.63, 3.8) is 0 Å². The molecular formula is C12H23N3. The third kappa shape index (κ3) is 1.81. The smallest absolute Gasteiger partial charge is 0.0204 e. The molecule has 15 heavy (non-hydrogen) atoms. The predicted molar refractivity (Wildman–Crippen MR) is 62.0 cm³/mol. The van der Waals surface area contributed by atoms with E-state index in [0.717, 1.165) is 18.0 Å². The summed E-state index contributed by atoms with van der Waals surface area (Å²) in [6.07, 6.45) is 4.22. The zero-order valence-electron chi connectivity index (χ0n) is 9.78. The summed E-state index contributed by atoms with van der Waals surface area (Å²) in [7, 11) is 2.10. The Kier molecular flexibility index (Phi) is 2.71. The quantitative estimate of drug-likeness (QED) is 0.709. The molecule has 86 valence electrons. The number of hydrogen-bond donors (Lipinski definition) is 1. The highest BCUT2D eigenvalue weighted by molar-refractivity contribution is 4.95. The molecule has 3 saturated heterocycles. The van der Waals surface area contributed by atoms with Crippen molar-refractivity contribution in [1.82, 2.24) is 15.1 Å². The van der Waals surface area contributed by atoms with Crippen LogP contribution in [0.25, 0.3) is 0 Å². The fourth-order valence-corrected chi connectivity index (χ4v) is 3.74. The first-order valence-corrected chi connectivity index (χ1v) is 6.50. The Hall–Kier alpha value is -0.120. The van der Waals surface area contributed by atoms with Gasteiger partial charge in [-0.1, -0.05) is 0 Å². The van der Waals surface area contributed by atoms with Crippen molar-refractivity contribution in [2.24, 2.45) is 5.92 Å². The average molecular weight is 209 g/mol. The third-order valence-corrected chi connectivity index (χ3v) is 4.69. The van der Waals surface area contributed by atoms with Gasteiger partial charge >= 0.3 is 0 Å². The number of rotatable bonds is 2. The first-order valence-electron chi connectivity index (χ1n) is 6.50. The summed E-state index contributed by atoms with van der Waals surface area (Å²) in [5.74, 6) is 0.981. The van der Waals surface area contributed by atoms with Crippen LogP contribution in [0.4, 0.5) is 0 Å². The number of likely N-dealkylation sites (N-methyl/N-ethyl adjacent to an activating group) is 1. The van der Waals surface area contributed by atoms with E-state index in [0.29, 0.717) is 0 Å². The molecule has 4 atom stereocenters. The number of nitrogens with one attached hydrogen (secondary N) is 1. The second-order valence-corrected chi connectivity index (χ2v) is 5.47. The van der Waals surface area contributed by atoms with Crippen molar-refractivity contribution >= 4 is 0 Å².